The molecule has 1 saturated heterocycles. The van der Waals surface area contributed by atoms with Crippen LogP contribution in [0.4, 0.5) is 8.78 Å². The molecule has 1 aromatic rings. The van der Waals surface area contributed by atoms with Crippen LogP contribution in [0.25, 0.3) is 0 Å². The number of carboxylic acid groups (broad SMARTS) is 1. The zero-order valence-corrected chi connectivity index (χ0v) is 11.7. The number of carboxylic acids is 1. The minimum Gasteiger partial charge on any atom is -0.480 e. The van der Waals surface area contributed by atoms with Crippen LogP contribution in [0, 0.1) is 17.6 Å². The molecular weight excluding hydrogens is 296 g/mol. The topological polar surface area (TPSA) is 66.8 Å². The second-order valence-electron chi connectivity index (χ2n) is 5.58. The number of rotatable bonds is 3. The van der Waals surface area contributed by atoms with Crippen molar-refractivity contribution < 1.29 is 28.2 Å². The first-order valence-electron chi connectivity index (χ1n) is 7.05. The fourth-order valence-corrected chi connectivity index (χ4v) is 2.90. The first kappa shape index (κ1) is 14.9. The monoisotopic (exact) mass is 311 g/mol. The molecule has 3 rings (SSSR count). The van der Waals surface area contributed by atoms with Gasteiger partial charge in [0.15, 0.2) is 6.04 Å². The van der Waals surface area contributed by atoms with Crippen molar-refractivity contribution in [2.75, 3.05) is 19.8 Å². The molecule has 1 amide bonds. The van der Waals surface area contributed by atoms with Gasteiger partial charge in [-0.3, -0.25) is 4.79 Å². The van der Waals surface area contributed by atoms with E-state index in [2.05, 4.69) is 0 Å². The number of aliphatic carboxylic acids is 1. The van der Waals surface area contributed by atoms with E-state index in [1.54, 1.807) is 0 Å². The number of hydrogen-bond donors (Lipinski definition) is 1. The number of benzene rings is 1. The second-order valence-corrected chi connectivity index (χ2v) is 5.58. The van der Waals surface area contributed by atoms with Gasteiger partial charge in [0.1, 0.15) is 11.6 Å². The summed E-state index contributed by atoms with van der Waals surface area (Å²) in [6, 6.07) is 2.30. The Labute approximate surface area is 125 Å². The van der Waals surface area contributed by atoms with Gasteiger partial charge in [0, 0.05) is 18.5 Å². The molecule has 1 saturated carbocycles. The standard InChI is InChI=1S/C15H15F2NO4/c16-8-1-2-9(12(17)5-8)10-6-11(10)14(19)18-3-4-22-7-13(18)15(20)21/h1-2,5,10-11,13H,3-4,6-7H2,(H,20,21)/t10-,11+,13+/m1/s1. The molecule has 1 heterocycles. The van der Waals surface area contributed by atoms with Crippen molar-refractivity contribution in [1.82, 2.24) is 4.90 Å². The molecule has 1 aliphatic carbocycles. The van der Waals surface area contributed by atoms with Gasteiger partial charge in [0.25, 0.3) is 0 Å². The maximum Gasteiger partial charge on any atom is 0.328 e. The van der Waals surface area contributed by atoms with Crippen LogP contribution in [-0.2, 0) is 14.3 Å². The Kier molecular flexibility index (Phi) is 3.82. The van der Waals surface area contributed by atoms with Crippen molar-refractivity contribution in [3.05, 3.63) is 35.4 Å². The molecule has 3 atom stereocenters. The quantitative estimate of drug-likeness (QED) is 0.916. The molecular formula is C15H15F2NO4. The van der Waals surface area contributed by atoms with Crippen molar-refractivity contribution in [1.29, 1.82) is 0 Å². The van der Waals surface area contributed by atoms with Gasteiger partial charge >= 0.3 is 5.97 Å². The summed E-state index contributed by atoms with van der Waals surface area (Å²) in [5.74, 6) is -3.51. The van der Waals surface area contributed by atoms with Gasteiger partial charge in [0.2, 0.25) is 5.91 Å². The number of carbonyl (C=O) groups is 2. The van der Waals surface area contributed by atoms with Gasteiger partial charge in [-0.05, 0) is 24.0 Å². The number of amides is 1. The number of morpholine rings is 1. The van der Waals surface area contributed by atoms with Gasteiger partial charge in [-0.2, -0.15) is 0 Å². The third kappa shape index (κ3) is 2.68. The average Bonchev–Trinajstić information content (AvgIpc) is 3.26. The summed E-state index contributed by atoms with van der Waals surface area (Å²) in [5, 5.41) is 9.14. The Bertz CT molecular complexity index is 622. The van der Waals surface area contributed by atoms with Gasteiger partial charge < -0.3 is 14.7 Å². The molecule has 118 valence electrons. The third-order valence-electron chi connectivity index (χ3n) is 4.17. The Balaban J connectivity index is 1.73. The smallest absolute Gasteiger partial charge is 0.328 e. The van der Waals surface area contributed by atoms with E-state index in [1.165, 1.54) is 11.0 Å². The minimum absolute atomic E-state index is 0.0383. The largest absolute Gasteiger partial charge is 0.480 e. The highest BCUT2D eigenvalue weighted by Gasteiger charge is 2.49. The van der Waals surface area contributed by atoms with E-state index < -0.39 is 29.6 Å². The zero-order chi connectivity index (χ0) is 15.9. The number of carbonyl (C=O) groups excluding carboxylic acids is 1. The molecule has 1 aromatic carbocycles. The molecule has 22 heavy (non-hydrogen) atoms. The molecule has 7 heteroatoms. The summed E-state index contributed by atoms with van der Waals surface area (Å²) in [4.78, 5) is 24.9. The van der Waals surface area contributed by atoms with E-state index in [0.717, 1.165) is 12.1 Å². The van der Waals surface area contributed by atoms with Crippen LogP contribution in [-0.4, -0.2) is 47.7 Å². The van der Waals surface area contributed by atoms with Gasteiger partial charge in [-0.1, -0.05) is 6.07 Å². The Morgan fingerprint density at radius 3 is 2.77 bits per heavy atom. The van der Waals surface area contributed by atoms with E-state index in [9.17, 15) is 18.4 Å². The van der Waals surface area contributed by atoms with Gasteiger partial charge in [-0.25, -0.2) is 13.6 Å². The fourth-order valence-electron chi connectivity index (χ4n) is 2.90. The van der Waals surface area contributed by atoms with Crippen LogP contribution < -0.4 is 0 Å². The lowest BCUT2D eigenvalue weighted by molar-refractivity contribution is -0.158. The summed E-state index contributed by atoms with van der Waals surface area (Å²) in [5.41, 5.74) is 0.305. The third-order valence-corrected chi connectivity index (χ3v) is 4.17. The van der Waals surface area contributed by atoms with E-state index in [-0.39, 0.29) is 31.6 Å². The van der Waals surface area contributed by atoms with Crippen molar-refractivity contribution in [2.45, 2.75) is 18.4 Å². The van der Waals surface area contributed by atoms with Crippen molar-refractivity contribution >= 4 is 11.9 Å². The van der Waals surface area contributed by atoms with Crippen LogP contribution in [0.1, 0.15) is 17.9 Å². The first-order chi connectivity index (χ1) is 10.5. The summed E-state index contributed by atoms with van der Waals surface area (Å²) in [6.45, 7) is 0.464. The Morgan fingerprint density at radius 2 is 2.09 bits per heavy atom. The van der Waals surface area contributed by atoms with Crippen molar-refractivity contribution in [3.8, 4) is 0 Å². The van der Waals surface area contributed by atoms with Crippen molar-refractivity contribution in [3.63, 3.8) is 0 Å². The molecule has 2 aliphatic rings. The molecule has 0 spiro atoms. The molecule has 0 radical (unpaired) electrons. The second kappa shape index (κ2) is 5.64. The van der Waals surface area contributed by atoms with Crippen LogP contribution in [0.2, 0.25) is 0 Å². The van der Waals surface area contributed by atoms with Crippen molar-refractivity contribution in [2.24, 2.45) is 5.92 Å². The van der Waals surface area contributed by atoms with Crippen LogP contribution in [0.3, 0.4) is 0 Å². The number of hydrogen-bond acceptors (Lipinski definition) is 3. The van der Waals surface area contributed by atoms with E-state index in [4.69, 9.17) is 9.84 Å². The molecule has 5 nitrogen and oxygen atoms in total. The Hall–Kier alpha value is -2.02. The highest BCUT2D eigenvalue weighted by Crippen LogP contribution is 2.49. The zero-order valence-electron chi connectivity index (χ0n) is 11.7. The van der Waals surface area contributed by atoms with E-state index in [0.29, 0.717) is 12.0 Å². The maximum absolute atomic E-state index is 13.7. The molecule has 0 unspecified atom stereocenters. The number of ether oxygens (including phenoxy) is 1. The summed E-state index contributed by atoms with van der Waals surface area (Å²) < 4.78 is 31.8. The van der Waals surface area contributed by atoms with Crippen LogP contribution >= 0.6 is 0 Å². The molecule has 0 bridgehead atoms. The van der Waals surface area contributed by atoms with Crippen LogP contribution in [0.5, 0.6) is 0 Å². The normalized spacial score (nSPS) is 27.5. The Morgan fingerprint density at radius 1 is 1.32 bits per heavy atom. The fraction of sp³-hybridized carbons (Fsp3) is 0.467. The van der Waals surface area contributed by atoms with Crippen LogP contribution in [0.15, 0.2) is 18.2 Å². The van der Waals surface area contributed by atoms with E-state index in [1.807, 2.05) is 0 Å². The lowest BCUT2D eigenvalue weighted by Crippen LogP contribution is -2.53. The predicted octanol–water partition coefficient (Wildman–Crippen LogP) is 1.38. The number of halogens is 2. The summed E-state index contributed by atoms with van der Waals surface area (Å²) >= 11 is 0. The highest BCUT2D eigenvalue weighted by molar-refractivity contribution is 5.88. The SMILES string of the molecule is O=C(O)[C@@H]1COCCN1C(=O)[C@H]1C[C@@H]1c1ccc(F)cc1F. The predicted molar refractivity (Wildman–Crippen MR) is 71.2 cm³/mol. The first-order valence-corrected chi connectivity index (χ1v) is 7.05. The molecule has 1 N–H and O–H groups in total. The highest BCUT2D eigenvalue weighted by atomic mass is 19.1. The maximum atomic E-state index is 13.7. The van der Waals surface area contributed by atoms with Gasteiger partial charge in [0.05, 0.1) is 13.2 Å². The lowest BCUT2D eigenvalue weighted by atomic mass is 10.1. The molecule has 2 fully saturated rings. The van der Waals surface area contributed by atoms with E-state index >= 15 is 0 Å². The summed E-state index contributed by atoms with van der Waals surface area (Å²) in [7, 11) is 0. The molecule has 1 aliphatic heterocycles. The lowest BCUT2D eigenvalue weighted by Gasteiger charge is -2.33. The average molecular weight is 311 g/mol. The number of nitrogens with zero attached hydrogens (tertiary/aromatic N) is 1. The summed E-state index contributed by atoms with van der Waals surface area (Å²) in [6.07, 6.45) is 0.449. The minimum atomic E-state index is -1.11. The molecule has 0 aromatic heterocycles. The van der Waals surface area contributed by atoms with Gasteiger partial charge in [-0.15, -0.1) is 0 Å².